The average Bonchev–Trinajstić information content (AvgIpc) is 2.29. The summed E-state index contributed by atoms with van der Waals surface area (Å²) < 4.78 is 35.6. The molecule has 0 saturated carbocycles. The molecule has 0 aliphatic carbocycles. The zero-order valence-electron chi connectivity index (χ0n) is 12.0. The summed E-state index contributed by atoms with van der Waals surface area (Å²) in [7, 11) is 0. The molecule has 0 aromatic heterocycles. The van der Waals surface area contributed by atoms with E-state index in [1.807, 2.05) is 13.8 Å². The second-order valence-electron chi connectivity index (χ2n) is 5.02. The molecule has 3 N–H and O–H groups in total. The maximum Gasteiger partial charge on any atom is 0.441 e. The van der Waals surface area contributed by atoms with E-state index in [-0.39, 0.29) is 42.9 Å². The van der Waals surface area contributed by atoms with Crippen molar-refractivity contribution in [1.82, 2.24) is 10.6 Å². The predicted molar refractivity (Wildman–Crippen MR) is 75.1 cm³/mol. The molecule has 0 heterocycles. The van der Waals surface area contributed by atoms with Crippen LogP contribution in [-0.4, -0.2) is 41.5 Å². The van der Waals surface area contributed by atoms with Crippen LogP contribution in [0.2, 0.25) is 0 Å². The van der Waals surface area contributed by atoms with E-state index in [9.17, 15) is 22.8 Å². The van der Waals surface area contributed by atoms with Crippen molar-refractivity contribution in [2.24, 2.45) is 11.8 Å². The molecule has 0 aromatic carbocycles. The smallest absolute Gasteiger partial charge is 0.441 e. The molecule has 2 amide bonds. The minimum absolute atomic E-state index is 0.0532. The first-order chi connectivity index (χ1) is 9.60. The van der Waals surface area contributed by atoms with Crippen LogP contribution < -0.4 is 10.6 Å². The quantitative estimate of drug-likeness (QED) is 0.568. The third kappa shape index (κ3) is 13.6. The molecule has 9 heteroatoms. The lowest BCUT2D eigenvalue weighted by Crippen LogP contribution is -2.40. The highest BCUT2D eigenvalue weighted by Crippen LogP contribution is 2.29. The Labute approximate surface area is 126 Å². The van der Waals surface area contributed by atoms with Gasteiger partial charge in [-0.05, 0) is 30.0 Å². The van der Waals surface area contributed by atoms with E-state index >= 15 is 0 Å². The fourth-order valence-electron chi connectivity index (χ4n) is 1.78. The van der Waals surface area contributed by atoms with Gasteiger partial charge >= 0.3 is 17.5 Å². The number of halogens is 3. The van der Waals surface area contributed by atoms with Gasteiger partial charge in [0.15, 0.2) is 0 Å². The number of aliphatic carboxylic acids is 1. The second kappa shape index (κ2) is 9.75. The van der Waals surface area contributed by atoms with Crippen molar-refractivity contribution in [1.29, 1.82) is 0 Å². The SMILES string of the molecule is CC(C)CC(CNC(=O)NCCSC(F)(F)F)CC(=O)O. The molecule has 21 heavy (non-hydrogen) atoms. The summed E-state index contributed by atoms with van der Waals surface area (Å²) in [6.07, 6.45) is 0.596. The van der Waals surface area contributed by atoms with Gasteiger partial charge in [0, 0.05) is 25.3 Å². The summed E-state index contributed by atoms with van der Waals surface area (Å²) in [6, 6.07) is -0.586. The van der Waals surface area contributed by atoms with E-state index in [4.69, 9.17) is 5.11 Å². The molecule has 0 spiro atoms. The van der Waals surface area contributed by atoms with Gasteiger partial charge in [-0.15, -0.1) is 0 Å². The number of carboxylic acids is 1. The van der Waals surface area contributed by atoms with E-state index in [2.05, 4.69) is 10.6 Å². The number of carbonyl (C=O) groups is 2. The van der Waals surface area contributed by atoms with Crippen LogP contribution >= 0.6 is 11.8 Å². The summed E-state index contributed by atoms with van der Waals surface area (Å²) in [5.74, 6) is -1.11. The van der Waals surface area contributed by atoms with Gasteiger partial charge < -0.3 is 15.7 Å². The Morgan fingerprint density at radius 1 is 1.24 bits per heavy atom. The van der Waals surface area contributed by atoms with Gasteiger partial charge in [0.25, 0.3) is 0 Å². The Morgan fingerprint density at radius 2 is 1.86 bits per heavy atom. The molecule has 0 radical (unpaired) electrons. The Kier molecular flexibility index (Phi) is 9.23. The zero-order chi connectivity index (χ0) is 16.5. The van der Waals surface area contributed by atoms with E-state index < -0.39 is 17.5 Å². The molecule has 1 unspecified atom stereocenters. The van der Waals surface area contributed by atoms with Crippen LogP contribution in [0.5, 0.6) is 0 Å². The molecule has 0 saturated heterocycles. The summed E-state index contributed by atoms with van der Waals surface area (Å²) >= 11 is -0.203. The van der Waals surface area contributed by atoms with Crippen molar-refractivity contribution in [3.63, 3.8) is 0 Å². The maximum atomic E-state index is 11.9. The highest BCUT2D eigenvalue weighted by Gasteiger charge is 2.27. The van der Waals surface area contributed by atoms with Gasteiger partial charge in [-0.1, -0.05) is 13.8 Å². The van der Waals surface area contributed by atoms with Gasteiger partial charge in [-0.3, -0.25) is 4.79 Å². The molecular weight excluding hydrogens is 309 g/mol. The minimum Gasteiger partial charge on any atom is -0.481 e. The van der Waals surface area contributed by atoms with Crippen molar-refractivity contribution in [2.45, 2.75) is 32.2 Å². The van der Waals surface area contributed by atoms with Crippen LogP contribution in [0.25, 0.3) is 0 Å². The molecule has 0 aliphatic heterocycles. The molecule has 0 aliphatic rings. The number of alkyl halides is 3. The summed E-state index contributed by atoms with van der Waals surface area (Å²) in [4.78, 5) is 22.1. The third-order valence-corrected chi connectivity index (χ3v) is 3.21. The number of carboxylic acid groups (broad SMARTS) is 1. The third-order valence-electron chi connectivity index (χ3n) is 2.47. The second-order valence-corrected chi connectivity index (χ2v) is 6.18. The molecule has 124 valence electrons. The highest BCUT2D eigenvalue weighted by atomic mass is 32.2. The standard InChI is InChI=1S/C12H21F3N2O3S/c1-8(2)5-9(6-10(18)19)7-17-11(20)16-3-4-21-12(13,14)15/h8-9H,3-7H2,1-2H3,(H,18,19)(H2,16,17,20). The van der Waals surface area contributed by atoms with Crippen LogP contribution in [0.1, 0.15) is 26.7 Å². The normalized spacial score (nSPS) is 13.0. The van der Waals surface area contributed by atoms with Gasteiger partial charge in [-0.25, -0.2) is 4.79 Å². The van der Waals surface area contributed by atoms with Gasteiger partial charge in [-0.2, -0.15) is 13.2 Å². The van der Waals surface area contributed by atoms with E-state index in [1.54, 1.807) is 0 Å². The topological polar surface area (TPSA) is 78.4 Å². The van der Waals surface area contributed by atoms with E-state index in [0.29, 0.717) is 12.3 Å². The molecule has 0 rings (SSSR count). The largest absolute Gasteiger partial charge is 0.481 e. The number of thioether (sulfide) groups is 1. The van der Waals surface area contributed by atoms with Crippen LogP contribution in [0.3, 0.4) is 0 Å². The van der Waals surface area contributed by atoms with Gasteiger partial charge in [0.1, 0.15) is 0 Å². The lowest BCUT2D eigenvalue weighted by Gasteiger charge is -2.18. The zero-order valence-corrected chi connectivity index (χ0v) is 12.8. The van der Waals surface area contributed by atoms with Crippen LogP contribution in [-0.2, 0) is 4.79 Å². The van der Waals surface area contributed by atoms with Crippen molar-refractivity contribution in [3.05, 3.63) is 0 Å². The fourth-order valence-corrected chi connectivity index (χ4v) is 2.22. The van der Waals surface area contributed by atoms with E-state index in [1.165, 1.54) is 0 Å². The average molecular weight is 330 g/mol. The Hall–Kier alpha value is -1.12. The molecule has 0 fully saturated rings. The Balaban J connectivity index is 3.93. The molecule has 0 aromatic rings. The van der Waals surface area contributed by atoms with Crippen LogP contribution in [0, 0.1) is 11.8 Å². The number of hydrogen-bond acceptors (Lipinski definition) is 3. The van der Waals surface area contributed by atoms with Crippen molar-refractivity contribution < 1.29 is 27.9 Å². The van der Waals surface area contributed by atoms with Crippen LogP contribution in [0.4, 0.5) is 18.0 Å². The molecule has 5 nitrogen and oxygen atoms in total. The first-order valence-electron chi connectivity index (χ1n) is 6.54. The monoisotopic (exact) mass is 330 g/mol. The number of nitrogens with one attached hydrogen (secondary N) is 2. The van der Waals surface area contributed by atoms with Gasteiger partial charge in [0.2, 0.25) is 0 Å². The maximum absolute atomic E-state index is 11.9. The number of amides is 2. The molecule has 0 bridgehead atoms. The number of carbonyl (C=O) groups excluding carboxylic acids is 1. The lowest BCUT2D eigenvalue weighted by atomic mass is 9.94. The number of urea groups is 1. The predicted octanol–water partition coefficient (Wildman–Crippen LogP) is 2.68. The van der Waals surface area contributed by atoms with Crippen LogP contribution in [0.15, 0.2) is 0 Å². The first kappa shape index (κ1) is 19.9. The highest BCUT2D eigenvalue weighted by molar-refractivity contribution is 8.00. The summed E-state index contributed by atoms with van der Waals surface area (Å²) in [5, 5.41) is 13.6. The summed E-state index contributed by atoms with van der Waals surface area (Å²) in [6.45, 7) is 3.97. The minimum atomic E-state index is -4.30. The van der Waals surface area contributed by atoms with Crippen molar-refractivity contribution >= 4 is 23.8 Å². The molecule has 1 atom stereocenters. The lowest BCUT2D eigenvalue weighted by molar-refractivity contribution is -0.138. The number of hydrogen-bond donors (Lipinski definition) is 3. The fraction of sp³-hybridized carbons (Fsp3) is 0.833. The van der Waals surface area contributed by atoms with Crippen molar-refractivity contribution in [3.8, 4) is 0 Å². The first-order valence-corrected chi connectivity index (χ1v) is 7.53. The van der Waals surface area contributed by atoms with Crippen molar-refractivity contribution in [2.75, 3.05) is 18.8 Å². The molecular formula is C12H21F3N2O3S. The Morgan fingerprint density at radius 3 is 2.33 bits per heavy atom. The Bertz CT molecular complexity index is 338. The number of rotatable bonds is 9. The summed E-state index contributed by atoms with van der Waals surface area (Å²) in [5.41, 5.74) is -4.30. The van der Waals surface area contributed by atoms with E-state index in [0.717, 1.165) is 0 Å². The van der Waals surface area contributed by atoms with Gasteiger partial charge in [0.05, 0.1) is 0 Å².